The van der Waals surface area contributed by atoms with Gasteiger partial charge in [-0.1, -0.05) is 0 Å². The predicted octanol–water partition coefficient (Wildman–Crippen LogP) is 2.61. The Morgan fingerprint density at radius 3 is 1.57 bits per heavy atom. The van der Waals surface area contributed by atoms with Crippen LogP contribution in [0.3, 0.4) is 0 Å². The molecular formula is C14H28O6Te. The van der Waals surface area contributed by atoms with Gasteiger partial charge in [-0.05, 0) is 0 Å². The summed E-state index contributed by atoms with van der Waals surface area (Å²) in [7, 11) is 1.29. The maximum Gasteiger partial charge on any atom is 0.210 e. The van der Waals surface area contributed by atoms with E-state index in [0.717, 1.165) is 0 Å². The second-order valence-corrected chi connectivity index (χ2v) is 24.0. The van der Waals surface area contributed by atoms with Crippen molar-refractivity contribution < 1.29 is 24.0 Å². The van der Waals surface area contributed by atoms with Gasteiger partial charge in [0.1, 0.15) is 0 Å². The number of carbonyl (C=O) groups excluding carboxylic acids is 2. The van der Waals surface area contributed by atoms with Crippen molar-refractivity contribution in [2.24, 2.45) is 0 Å². The second-order valence-electron chi connectivity index (χ2n) is 5.64. The van der Waals surface area contributed by atoms with E-state index in [0.29, 0.717) is 0 Å². The second kappa shape index (κ2) is 6.93. The molecule has 0 unspecified atom stereocenters. The molecule has 0 saturated heterocycles. The quantitative estimate of drug-likeness (QED) is 0.524. The smallest absolute Gasteiger partial charge is 0.210 e. The first-order valence-electron chi connectivity index (χ1n) is 6.56. The summed E-state index contributed by atoms with van der Waals surface area (Å²) in [4.78, 5) is 28.3. The minimum absolute atomic E-state index is 0.214. The molecule has 0 amide bonds. The minimum atomic E-state index is -5.19. The Labute approximate surface area is 128 Å². The summed E-state index contributed by atoms with van der Waals surface area (Å²) < 4.78 is 22.3. The van der Waals surface area contributed by atoms with E-state index in [-0.39, 0.29) is 17.8 Å². The Bertz CT molecular complexity index is 441. The van der Waals surface area contributed by atoms with Crippen LogP contribution < -0.4 is 0 Å². The van der Waals surface area contributed by atoms with Crippen LogP contribution in [-0.2, 0) is 18.9 Å². The summed E-state index contributed by atoms with van der Waals surface area (Å²) >= 11 is -5.19. The normalized spacial score (nSPS) is 14.3. The number of hydrogen-bond donors (Lipinski definition) is 1. The van der Waals surface area contributed by atoms with Crippen molar-refractivity contribution in [1.29, 1.82) is 1.43 Å². The minimum Gasteiger partial charge on any atom is -0.400 e. The fourth-order valence-corrected chi connectivity index (χ4v) is 8.28. The van der Waals surface area contributed by atoms with Crippen molar-refractivity contribution in [2.75, 3.05) is 13.7 Å². The molecule has 7 heteroatoms. The molecule has 0 atom stereocenters. The molecule has 0 aliphatic carbocycles. The van der Waals surface area contributed by atoms with E-state index in [4.69, 9.17) is 10.7 Å². The van der Waals surface area contributed by atoms with Crippen molar-refractivity contribution in [3.8, 4) is 0 Å². The third-order valence-corrected chi connectivity index (χ3v) is 9.79. The van der Waals surface area contributed by atoms with E-state index in [9.17, 15) is 9.59 Å². The third-order valence-electron chi connectivity index (χ3n) is 2.05. The fraction of sp³-hybridized carbons (Fsp3) is 0.571. The predicted molar refractivity (Wildman–Crippen MR) is 84.9 cm³/mol. The van der Waals surface area contributed by atoms with Gasteiger partial charge in [0.2, 0.25) is 1.43 Å². The zero-order chi connectivity index (χ0) is 18.3. The van der Waals surface area contributed by atoms with E-state index < -0.39 is 28.6 Å². The summed E-state index contributed by atoms with van der Waals surface area (Å²) in [5.74, 6) is -1.28. The molecule has 126 valence electrons. The van der Waals surface area contributed by atoms with E-state index >= 15 is 0 Å². The van der Waals surface area contributed by atoms with Crippen molar-refractivity contribution >= 4 is 28.6 Å². The molecule has 0 saturated carbocycles. The number of rotatable bonds is 6. The van der Waals surface area contributed by atoms with Gasteiger partial charge in [0, 0.05) is 7.11 Å². The Morgan fingerprint density at radius 2 is 1.38 bits per heavy atom. The Hall–Kier alpha value is -0.870. The molecule has 0 radical (unpaired) electrons. The van der Waals surface area contributed by atoms with Crippen LogP contribution >= 0.6 is 0 Å². The summed E-state index contributed by atoms with van der Waals surface area (Å²) in [5, 5.41) is 3.50. The van der Waals surface area contributed by atoms with Gasteiger partial charge < -0.3 is 5.11 Å². The van der Waals surface area contributed by atoms with E-state index in [1.807, 2.05) is 0 Å². The molecule has 0 aliphatic rings. The summed E-state index contributed by atoms with van der Waals surface area (Å²) in [5.41, 5.74) is 0.427. The van der Waals surface area contributed by atoms with Crippen LogP contribution in [0.5, 0.6) is 0 Å². The van der Waals surface area contributed by atoms with Crippen molar-refractivity contribution in [3.63, 3.8) is 0 Å². The molecule has 21 heavy (non-hydrogen) atoms. The maximum absolute atomic E-state index is 11.8. The molecule has 6 nitrogen and oxygen atoms in total. The van der Waals surface area contributed by atoms with Crippen LogP contribution in [-0.4, -0.2) is 48.9 Å². The monoisotopic (exact) mass is 424 g/mol. The van der Waals surface area contributed by atoms with Gasteiger partial charge in [0.05, 0.1) is 0 Å². The van der Waals surface area contributed by atoms with Crippen LogP contribution in [0.1, 0.15) is 20.8 Å². The Balaban J connectivity index is 0. The van der Waals surface area contributed by atoms with Gasteiger partial charge in [-0.3, -0.25) is 0 Å². The van der Waals surface area contributed by atoms with E-state index in [1.54, 1.807) is 21.8 Å². The number of carbonyl (C=O) groups is 2. The van der Waals surface area contributed by atoms with Crippen molar-refractivity contribution in [2.45, 2.75) is 35.7 Å². The molecule has 0 rings (SSSR count). The van der Waals surface area contributed by atoms with Gasteiger partial charge >= 0.3 is 114 Å². The van der Waals surface area contributed by atoms with Gasteiger partial charge in [-0.2, -0.15) is 0 Å². The molecule has 0 aromatic carbocycles. The molecule has 0 heterocycles. The summed E-state index contributed by atoms with van der Waals surface area (Å²) in [6.45, 7) is 12.1. The molecule has 0 aliphatic heterocycles. The van der Waals surface area contributed by atoms with Crippen LogP contribution in [0.4, 0.5) is 0 Å². The molecule has 0 bridgehead atoms. The SMILES string of the molecule is C=C(C)C(=O)O[Te](C)(C)(C)(OCC)OC(=O)C(=C)C.[3H]OC. The van der Waals surface area contributed by atoms with Gasteiger partial charge in [0.25, 0.3) is 0 Å². The van der Waals surface area contributed by atoms with Gasteiger partial charge in [-0.15, -0.1) is 0 Å². The first kappa shape index (κ1) is 20.1. The zero-order valence-electron chi connectivity index (χ0n) is 15.0. The topological polar surface area (TPSA) is 82.1 Å². The molecule has 0 aromatic heterocycles. The first-order valence-corrected chi connectivity index (χ1v) is 16.0. The standard InChI is InChI=1S/C13H24O5Te.CH4O/c1-9-16-19(6,7,8,17-12(14)10(2)3)18-13(15)11(4)5;1-2/h2,4,9H2,1,3,5-8H3;2H,1H3/i;2T. The number of hydrogen-bond acceptors (Lipinski definition) is 6. The van der Waals surface area contributed by atoms with Crippen LogP contribution in [0.2, 0.25) is 14.9 Å². The van der Waals surface area contributed by atoms with Gasteiger partial charge in [0.15, 0.2) is 0 Å². The maximum atomic E-state index is 11.8. The van der Waals surface area contributed by atoms with Crippen LogP contribution in [0.15, 0.2) is 24.3 Å². The average Bonchev–Trinajstić information content (AvgIpc) is 2.27. The molecular weight excluding hydrogens is 392 g/mol. The number of aliphatic hydroxyl groups excluding tert-OH is 1. The Kier molecular flexibility index (Phi) is 6.64. The fourth-order valence-electron chi connectivity index (χ4n) is 1.23. The summed E-state index contributed by atoms with van der Waals surface area (Å²) in [6, 6.07) is 0. The first-order chi connectivity index (χ1) is 9.66. The number of aliphatic hydroxyl groups is 1. The Morgan fingerprint density at radius 1 is 1.10 bits per heavy atom. The zero-order valence-corrected chi connectivity index (χ0v) is 16.3. The van der Waals surface area contributed by atoms with Gasteiger partial charge in [-0.25, -0.2) is 0 Å². The average molecular weight is 422 g/mol. The van der Waals surface area contributed by atoms with Crippen LogP contribution in [0, 0.1) is 0 Å². The van der Waals surface area contributed by atoms with Crippen LogP contribution in [0.25, 0.3) is 0 Å². The van der Waals surface area contributed by atoms with Crippen molar-refractivity contribution in [3.05, 3.63) is 24.3 Å². The molecule has 0 fully saturated rings. The molecule has 1 N–H and O–H groups in total. The largest absolute Gasteiger partial charge is 0.400 e. The van der Waals surface area contributed by atoms with E-state index in [2.05, 4.69) is 18.3 Å². The third kappa shape index (κ3) is 7.63. The van der Waals surface area contributed by atoms with E-state index in [1.165, 1.54) is 21.0 Å². The molecule has 0 aromatic rings. The van der Waals surface area contributed by atoms with Crippen molar-refractivity contribution in [1.82, 2.24) is 0 Å². The summed E-state index contributed by atoms with van der Waals surface area (Å²) in [6.07, 6.45) is 0. The molecule has 0 spiro atoms.